The maximum atomic E-state index is 14.5. The lowest BCUT2D eigenvalue weighted by Gasteiger charge is -2.36. The van der Waals surface area contributed by atoms with E-state index in [-0.39, 0.29) is 30.7 Å². The minimum atomic E-state index is -1.12. The van der Waals surface area contributed by atoms with Crippen LogP contribution in [-0.2, 0) is 28.8 Å². The summed E-state index contributed by atoms with van der Waals surface area (Å²) in [7, 11) is 0. The molecule has 2 aliphatic heterocycles. The van der Waals surface area contributed by atoms with Gasteiger partial charge in [0.15, 0.2) is 5.60 Å². The summed E-state index contributed by atoms with van der Waals surface area (Å²) in [5.41, 5.74) is 5.06. The average Bonchev–Trinajstić information content (AvgIpc) is 3.69. The molecule has 11 nitrogen and oxygen atoms in total. The van der Waals surface area contributed by atoms with E-state index in [1.54, 1.807) is 12.1 Å². The maximum Gasteiger partial charge on any atom is 0.287 e. The predicted molar refractivity (Wildman–Crippen MR) is 177 cm³/mol. The Morgan fingerprint density at radius 3 is 2.36 bits per heavy atom. The molecule has 0 unspecified atom stereocenters. The first-order valence-electron chi connectivity index (χ1n) is 17.0. The number of oxime groups is 1. The quantitative estimate of drug-likeness (QED) is 0.238. The van der Waals surface area contributed by atoms with Gasteiger partial charge < -0.3 is 26.1 Å². The fourth-order valence-corrected chi connectivity index (χ4v) is 7.37. The monoisotopic (exact) mass is 669 g/mol. The molecule has 12 heteroatoms. The van der Waals surface area contributed by atoms with Gasteiger partial charge in [-0.2, -0.15) is 0 Å². The molecule has 0 aromatic heterocycles. The van der Waals surface area contributed by atoms with Crippen LogP contribution in [0.5, 0.6) is 0 Å². The standard InChI is InChI=1S/C35H48ClN5O6/c1-34(2,3)30(39-28(42)16-21-9-6-4-5-7-10-21)33(46)41-20-35(18-26(40-47-35)23-11-8-12-24(36)17-23)19-27(41)32(45)38-25(15-22-13-14-22)29(43)31(37)44/h8,11-12,17,21-22,25,27,30H,4-7,9-10,13-16,18-20H2,1-3H3,(H2,37,44)(H,38,45)(H,39,42)/t25-,27-,30+,35+/m0/s1. The second-order valence-electron chi connectivity index (χ2n) is 15.1. The van der Waals surface area contributed by atoms with E-state index in [0.29, 0.717) is 30.0 Å². The second-order valence-corrected chi connectivity index (χ2v) is 15.5. The van der Waals surface area contributed by atoms with Gasteiger partial charge >= 0.3 is 0 Å². The molecule has 4 aliphatic rings. The van der Waals surface area contributed by atoms with E-state index in [1.807, 2.05) is 32.9 Å². The zero-order chi connectivity index (χ0) is 33.9. The number of ketones is 1. The third-order valence-electron chi connectivity index (χ3n) is 9.99. The van der Waals surface area contributed by atoms with E-state index in [0.717, 1.165) is 44.1 Å². The van der Waals surface area contributed by atoms with Crippen molar-refractivity contribution in [1.29, 1.82) is 0 Å². The van der Waals surface area contributed by atoms with Gasteiger partial charge in [-0.05, 0) is 48.6 Å². The summed E-state index contributed by atoms with van der Waals surface area (Å²) >= 11 is 6.23. The minimum Gasteiger partial charge on any atom is -0.387 e. The average molecular weight is 670 g/mol. The van der Waals surface area contributed by atoms with Gasteiger partial charge in [0.2, 0.25) is 23.5 Å². The van der Waals surface area contributed by atoms with Crippen LogP contribution in [0.25, 0.3) is 0 Å². The van der Waals surface area contributed by atoms with Crippen LogP contribution in [0.4, 0.5) is 0 Å². The van der Waals surface area contributed by atoms with E-state index in [4.69, 9.17) is 22.2 Å². The Morgan fingerprint density at radius 2 is 1.74 bits per heavy atom. The number of amides is 4. The Labute approximate surface area is 281 Å². The normalized spacial score (nSPS) is 24.6. The number of carbonyl (C=O) groups is 5. The van der Waals surface area contributed by atoms with E-state index in [2.05, 4.69) is 15.8 Å². The summed E-state index contributed by atoms with van der Waals surface area (Å²) in [4.78, 5) is 74.0. The highest BCUT2D eigenvalue weighted by Gasteiger charge is 2.55. The number of nitrogens with zero attached hydrogens (tertiary/aromatic N) is 2. The van der Waals surface area contributed by atoms with Gasteiger partial charge in [0.1, 0.15) is 12.1 Å². The first-order valence-corrected chi connectivity index (χ1v) is 17.4. The third kappa shape index (κ3) is 8.72. The topological polar surface area (TPSA) is 160 Å². The lowest BCUT2D eigenvalue weighted by Crippen LogP contribution is -2.59. The van der Waals surface area contributed by atoms with Gasteiger partial charge in [-0.15, -0.1) is 0 Å². The maximum absolute atomic E-state index is 14.5. The van der Waals surface area contributed by atoms with Crippen molar-refractivity contribution in [1.82, 2.24) is 15.5 Å². The molecule has 1 aromatic rings. The van der Waals surface area contributed by atoms with E-state index in [1.165, 1.54) is 17.7 Å². The number of likely N-dealkylation sites (tertiary alicyclic amines) is 1. The Hall–Kier alpha value is -3.47. The van der Waals surface area contributed by atoms with E-state index < -0.39 is 52.6 Å². The van der Waals surface area contributed by atoms with Crippen LogP contribution in [0.3, 0.4) is 0 Å². The van der Waals surface area contributed by atoms with Crippen molar-refractivity contribution in [3.05, 3.63) is 34.9 Å². The van der Waals surface area contributed by atoms with Crippen LogP contribution in [-0.4, -0.2) is 70.3 Å². The molecule has 4 amide bonds. The molecule has 1 aromatic carbocycles. The van der Waals surface area contributed by atoms with Gasteiger partial charge in [0.05, 0.1) is 18.3 Å². The van der Waals surface area contributed by atoms with Crippen LogP contribution < -0.4 is 16.4 Å². The summed E-state index contributed by atoms with van der Waals surface area (Å²) in [5.74, 6) is -2.65. The molecule has 4 N–H and O–H groups in total. The highest BCUT2D eigenvalue weighted by molar-refractivity contribution is 6.37. The Morgan fingerprint density at radius 1 is 1.04 bits per heavy atom. The molecule has 2 aliphatic carbocycles. The van der Waals surface area contributed by atoms with Crippen molar-refractivity contribution in [3.8, 4) is 0 Å². The molecule has 2 heterocycles. The van der Waals surface area contributed by atoms with Gasteiger partial charge in [-0.1, -0.05) is 88.2 Å². The van der Waals surface area contributed by atoms with Gasteiger partial charge in [-0.3, -0.25) is 24.0 Å². The van der Waals surface area contributed by atoms with Crippen LogP contribution in [0, 0.1) is 17.3 Å². The number of nitrogens with two attached hydrogens (primary N) is 1. The van der Waals surface area contributed by atoms with Crippen molar-refractivity contribution < 1.29 is 28.8 Å². The molecular weight excluding hydrogens is 622 g/mol. The molecule has 1 spiro atoms. The fraction of sp³-hybridized carbons (Fsp3) is 0.657. The number of hydrogen-bond donors (Lipinski definition) is 3. The first-order chi connectivity index (χ1) is 22.2. The Bertz CT molecular complexity index is 1410. The zero-order valence-corrected chi connectivity index (χ0v) is 28.4. The number of Topliss-reactive ketones (excluding diaryl/α,β-unsaturated/α-hetero) is 1. The van der Waals surface area contributed by atoms with Crippen molar-refractivity contribution in [2.45, 2.75) is 122 Å². The number of halogens is 1. The molecule has 5 rings (SSSR count). The number of benzene rings is 1. The molecule has 3 fully saturated rings. The third-order valence-corrected chi connectivity index (χ3v) is 10.2. The molecule has 47 heavy (non-hydrogen) atoms. The smallest absolute Gasteiger partial charge is 0.287 e. The summed E-state index contributed by atoms with van der Waals surface area (Å²) in [6.07, 6.45) is 9.45. The molecule has 4 atom stereocenters. The van der Waals surface area contributed by atoms with E-state index >= 15 is 0 Å². The number of primary amides is 1. The number of nitrogens with one attached hydrogen (secondary N) is 2. The Balaban J connectivity index is 1.39. The van der Waals surface area contributed by atoms with Gasteiger partial charge in [0.25, 0.3) is 5.91 Å². The lowest BCUT2D eigenvalue weighted by atomic mass is 9.85. The molecular formula is C35H48ClN5O6. The van der Waals surface area contributed by atoms with Crippen LogP contribution in [0.15, 0.2) is 29.4 Å². The minimum absolute atomic E-state index is 0.0413. The van der Waals surface area contributed by atoms with Crippen LogP contribution in [0.2, 0.25) is 5.02 Å². The first kappa shape index (κ1) is 34.9. The van der Waals surface area contributed by atoms with Crippen molar-refractivity contribution >= 4 is 46.7 Å². The van der Waals surface area contributed by atoms with Crippen molar-refractivity contribution in [2.24, 2.45) is 28.1 Å². The molecule has 256 valence electrons. The molecule has 0 bridgehead atoms. The van der Waals surface area contributed by atoms with Gasteiger partial charge in [0, 0.05) is 29.8 Å². The molecule has 0 radical (unpaired) electrons. The largest absolute Gasteiger partial charge is 0.387 e. The SMILES string of the molecule is CC(C)(C)[C@H](NC(=O)CC1CCCCCC1)C(=O)N1C[C@@]2(CC(c3cccc(Cl)c3)=NO2)C[C@H]1C(=O)N[C@@H](CC1CC1)C(=O)C(N)=O. The highest BCUT2D eigenvalue weighted by Crippen LogP contribution is 2.41. The van der Waals surface area contributed by atoms with Crippen molar-refractivity contribution in [2.75, 3.05) is 6.54 Å². The molecule has 2 saturated carbocycles. The summed E-state index contributed by atoms with van der Waals surface area (Å²) in [6.45, 7) is 5.68. The molecule has 1 saturated heterocycles. The van der Waals surface area contributed by atoms with Crippen LogP contribution >= 0.6 is 11.6 Å². The fourth-order valence-electron chi connectivity index (χ4n) is 7.17. The predicted octanol–water partition coefficient (Wildman–Crippen LogP) is 4.03. The Kier molecular flexibility index (Phi) is 10.6. The zero-order valence-electron chi connectivity index (χ0n) is 27.7. The van der Waals surface area contributed by atoms with Crippen molar-refractivity contribution in [3.63, 3.8) is 0 Å². The van der Waals surface area contributed by atoms with Crippen LogP contribution in [0.1, 0.15) is 103 Å². The number of hydrogen-bond acceptors (Lipinski definition) is 7. The lowest BCUT2D eigenvalue weighted by molar-refractivity contribution is -0.145. The summed E-state index contributed by atoms with van der Waals surface area (Å²) in [5, 5.41) is 10.7. The number of rotatable bonds is 11. The number of carbonyl (C=O) groups excluding carboxylic acids is 5. The van der Waals surface area contributed by atoms with Gasteiger partial charge in [-0.25, -0.2) is 0 Å². The van der Waals surface area contributed by atoms with E-state index in [9.17, 15) is 24.0 Å². The second kappa shape index (κ2) is 14.3. The summed E-state index contributed by atoms with van der Waals surface area (Å²) < 4.78 is 0. The highest BCUT2D eigenvalue weighted by atomic mass is 35.5. The summed E-state index contributed by atoms with van der Waals surface area (Å²) in [6, 6.07) is 4.18.